The van der Waals surface area contributed by atoms with Crippen LogP contribution >= 0.6 is 0 Å². The highest BCUT2D eigenvalue weighted by atomic mass is 16.5. The number of nitrogens with one attached hydrogen (secondary N) is 1. The predicted molar refractivity (Wildman–Crippen MR) is 104 cm³/mol. The van der Waals surface area contributed by atoms with Gasteiger partial charge in [0, 0.05) is 24.2 Å². The highest BCUT2D eigenvalue weighted by Crippen LogP contribution is 2.20. The Hall–Kier alpha value is -2.63. The van der Waals surface area contributed by atoms with Crippen molar-refractivity contribution in [2.45, 2.75) is 54.0 Å². The molecule has 6 heteroatoms. The lowest BCUT2D eigenvalue weighted by Gasteiger charge is -2.13. The van der Waals surface area contributed by atoms with Gasteiger partial charge >= 0.3 is 5.63 Å². The number of aromatic nitrogens is 1. The molecule has 2 rings (SSSR count). The second kappa shape index (κ2) is 8.84. The molecular formula is C21H28N2O4. The third kappa shape index (κ3) is 5.18. The number of aryl methyl sites for hydroxylation is 4. The SMILES string of the molecule is COc1nc(C)cc(C)c1CNC(=O)c1c(C)cc(CCC(C)C)oc1=O. The van der Waals surface area contributed by atoms with Crippen molar-refractivity contribution in [3.63, 3.8) is 0 Å². The number of pyridine rings is 1. The van der Waals surface area contributed by atoms with Crippen LogP contribution in [-0.2, 0) is 13.0 Å². The molecule has 146 valence electrons. The number of methoxy groups -OCH3 is 1. The zero-order valence-electron chi connectivity index (χ0n) is 16.9. The Kier molecular flexibility index (Phi) is 6.77. The van der Waals surface area contributed by atoms with Crippen molar-refractivity contribution in [3.8, 4) is 5.88 Å². The van der Waals surface area contributed by atoms with Crippen LogP contribution in [0.15, 0.2) is 21.3 Å². The Bertz CT molecular complexity index is 884. The molecule has 0 aliphatic rings. The van der Waals surface area contributed by atoms with E-state index in [1.54, 1.807) is 20.1 Å². The molecule has 0 saturated heterocycles. The molecule has 0 aromatic carbocycles. The molecule has 0 saturated carbocycles. The quantitative estimate of drug-likeness (QED) is 0.805. The van der Waals surface area contributed by atoms with Crippen LogP contribution in [0.1, 0.15) is 58.8 Å². The summed E-state index contributed by atoms with van der Waals surface area (Å²) < 4.78 is 10.7. The molecule has 1 N–H and O–H groups in total. The fourth-order valence-electron chi connectivity index (χ4n) is 2.97. The summed E-state index contributed by atoms with van der Waals surface area (Å²) in [5.41, 5.74) is 2.65. The van der Waals surface area contributed by atoms with Crippen molar-refractivity contribution >= 4 is 5.91 Å². The minimum Gasteiger partial charge on any atom is -0.481 e. The molecule has 0 bridgehead atoms. The van der Waals surface area contributed by atoms with E-state index >= 15 is 0 Å². The number of carbonyl (C=O) groups is 1. The van der Waals surface area contributed by atoms with Crippen LogP contribution in [0.25, 0.3) is 0 Å². The first-order chi connectivity index (χ1) is 12.7. The van der Waals surface area contributed by atoms with Gasteiger partial charge in [-0.3, -0.25) is 4.79 Å². The van der Waals surface area contributed by atoms with Gasteiger partial charge in [0.15, 0.2) is 0 Å². The van der Waals surface area contributed by atoms with Gasteiger partial charge in [-0.05, 0) is 56.4 Å². The Morgan fingerprint density at radius 2 is 1.93 bits per heavy atom. The number of rotatable bonds is 7. The lowest BCUT2D eigenvalue weighted by molar-refractivity contribution is 0.0945. The molecule has 0 radical (unpaired) electrons. The molecule has 2 heterocycles. The lowest BCUT2D eigenvalue weighted by Crippen LogP contribution is -2.29. The Morgan fingerprint density at radius 3 is 2.52 bits per heavy atom. The third-order valence-corrected chi connectivity index (χ3v) is 4.45. The normalized spacial score (nSPS) is 10.9. The lowest BCUT2D eigenvalue weighted by atomic mass is 10.0. The fourth-order valence-corrected chi connectivity index (χ4v) is 2.97. The standard InChI is InChI=1S/C21H28N2O4/c1-12(2)7-8-16-10-14(4)18(21(25)27-16)19(24)22-11-17-13(3)9-15(5)23-20(17)26-6/h9-10,12H,7-8,11H2,1-6H3,(H,22,24). The molecule has 0 aliphatic heterocycles. The maximum absolute atomic E-state index is 12.6. The minimum atomic E-state index is -0.600. The Morgan fingerprint density at radius 1 is 1.22 bits per heavy atom. The summed E-state index contributed by atoms with van der Waals surface area (Å²) in [6, 6.07) is 3.70. The number of hydrogen-bond donors (Lipinski definition) is 1. The molecule has 0 spiro atoms. The largest absolute Gasteiger partial charge is 0.481 e. The van der Waals surface area contributed by atoms with Crippen LogP contribution in [-0.4, -0.2) is 18.0 Å². The fraction of sp³-hybridized carbons (Fsp3) is 0.476. The smallest absolute Gasteiger partial charge is 0.349 e. The number of amides is 1. The third-order valence-electron chi connectivity index (χ3n) is 4.45. The van der Waals surface area contributed by atoms with Gasteiger partial charge in [-0.25, -0.2) is 9.78 Å². The van der Waals surface area contributed by atoms with E-state index in [0.717, 1.165) is 23.2 Å². The molecule has 0 unspecified atom stereocenters. The summed E-state index contributed by atoms with van der Waals surface area (Å²) in [5.74, 6) is 1.14. The topological polar surface area (TPSA) is 81.4 Å². The number of hydrogen-bond acceptors (Lipinski definition) is 5. The van der Waals surface area contributed by atoms with E-state index in [9.17, 15) is 9.59 Å². The second-order valence-corrected chi connectivity index (χ2v) is 7.24. The second-order valence-electron chi connectivity index (χ2n) is 7.24. The maximum Gasteiger partial charge on any atom is 0.349 e. The van der Waals surface area contributed by atoms with Gasteiger partial charge in [0.05, 0.1) is 7.11 Å². The first kappa shape index (κ1) is 20.7. The number of carbonyl (C=O) groups excluding carboxylic acids is 1. The van der Waals surface area contributed by atoms with Crippen LogP contribution < -0.4 is 15.7 Å². The van der Waals surface area contributed by atoms with E-state index in [1.807, 2.05) is 19.9 Å². The summed E-state index contributed by atoms with van der Waals surface area (Å²) in [4.78, 5) is 29.2. The molecule has 6 nitrogen and oxygen atoms in total. The van der Waals surface area contributed by atoms with Gasteiger partial charge in [-0.15, -0.1) is 0 Å². The van der Waals surface area contributed by atoms with Crippen molar-refractivity contribution in [1.82, 2.24) is 10.3 Å². The van der Waals surface area contributed by atoms with Crippen LogP contribution in [0, 0.1) is 26.7 Å². The van der Waals surface area contributed by atoms with Gasteiger partial charge in [0.1, 0.15) is 11.3 Å². The summed E-state index contributed by atoms with van der Waals surface area (Å²) in [5, 5.41) is 2.78. The average molecular weight is 372 g/mol. The van der Waals surface area contributed by atoms with Gasteiger partial charge in [-0.2, -0.15) is 0 Å². The molecular weight excluding hydrogens is 344 g/mol. The van der Waals surface area contributed by atoms with Crippen molar-refractivity contribution in [1.29, 1.82) is 0 Å². The van der Waals surface area contributed by atoms with Crippen molar-refractivity contribution in [2.24, 2.45) is 5.92 Å². The zero-order valence-corrected chi connectivity index (χ0v) is 16.9. The summed E-state index contributed by atoms with van der Waals surface area (Å²) in [7, 11) is 1.54. The summed E-state index contributed by atoms with van der Waals surface area (Å²) in [6.45, 7) is 10.0. The van der Waals surface area contributed by atoms with Crippen LogP contribution in [0.5, 0.6) is 5.88 Å². The molecule has 0 atom stereocenters. The van der Waals surface area contributed by atoms with E-state index < -0.39 is 11.5 Å². The van der Waals surface area contributed by atoms with Gasteiger partial charge in [0.25, 0.3) is 5.91 Å². The van der Waals surface area contributed by atoms with E-state index in [1.165, 1.54) is 0 Å². The zero-order chi connectivity index (χ0) is 20.1. The highest BCUT2D eigenvalue weighted by Gasteiger charge is 2.18. The summed E-state index contributed by atoms with van der Waals surface area (Å²) >= 11 is 0. The van der Waals surface area contributed by atoms with E-state index in [-0.39, 0.29) is 12.1 Å². The monoisotopic (exact) mass is 372 g/mol. The van der Waals surface area contributed by atoms with Crippen LogP contribution in [0.3, 0.4) is 0 Å². The Balaban J connectivity index is 2.19. The van der Waals surface area contributed by atoms with Crippen molar-refractivity contribution in [2.75, 3.05) is 7.11 Å². The number of ether oxygens (including phenoxy) is 1. The molecule has 1 amide bonds. The van der Waals surface area contributed by atoms with Gasteiger partial charge in [0.2, 0.25) is 5.88 Å². The first-order valence-corrected chi connectivity index (χ1v) is 9.15. The van der Waals surface area contributed by atoms with E-state index in [0.29, 0.717) is 29.5 Å². The van der Waals surface area contributed by atoms with E-state index in [2.05, 4.69) is 24.1 Å². The van der Waals surface area contributed by atoms with Gasteiger partial charge in [-0.1, -0.05) is 13.8 Å². The average Bonchev–Trinajstić information content (AvgIpc) is 2.57. The predicted octanol–water partition coefficient (Wildman–Crippen LogP) is 3.49. The molecule has 2 aromatic rings. The molecule has 0 fully saturated rings. The van der Waals surface area contributed by atoms with Crippen molar-refractivity contribution < 1.29 is 13.9 Å². The first-order valence-electron chi connectivity index (χ1n) is 9.15. The summed E-state index contributed by atoms with van der Waals surface area (Å²) in [6.07, 6.45) is 1.61. The maximum atomic E-state index is 12.6. The number of nitrogens with zero attached hydrogens (tertiary/aromatic N) is 1. The molecule has 27 heavy (non-hydrogen) atoms. The highest BCUT2D eigenvalue weighted by molar-refractivity contribution is 5.95. The molecule has 2 aromatic heterocycles. The van der Waals surface area contributed by atoms with Gasteiger partial charge < -0.3 is 14.5 Å². The Labute approximate surface area is 160 Å². The van der Waals surface area contributed by atoms with E-state index in [4.69, 9.17) is 9.15 Å². The van der Waals surface area contributed by atoms with Crippen LogP contribution in [0.2, 0.25) is 0 Å². The van der Waals surface area contributed by atoms with Crippen LogP contribution in [0.4, 0.5) is 0 Å². The van der Waals surface area contributed by atoms with Crippen molar-refractivity contribution in [3.05, 3.63) is 56.3 Å². The molecule has 0 aliphatic carbocycles. The minimum absolute atomic E-state index is 0.0417.